The fourth-order valence-electron chi connectivity index (χ4n) is 3.54. The Hall–Kier alpha value is -2.06. The summed E-state index contributed by atoms with van der Waals surface area (Å²) in [6.07, 6.45) is 5.67. The van der Waals surface area contributed by atoms with Crippen molar-refractivity contribution in [3.8, 4) is 6.07 Å². The highest BCUT2D eigenvalue weighted by Crippen LogP contribution is 2.45. The van der Waals surface area contributed by atoms with Gasteiger partial charge in [-0.15, -0.1) is 11.3 Å². The molecule has 25 heavy (non-hydrogen) atoms. The maximum atomic E-state index is 12.5. The van der Waals surface area contributed by atoms with E-state index in [9.17, 15) is 10.1 Å². The van der Waals surface area contributed by atoms with Crippen LogP contribution in [0.5, 0.6) is 0 Å². The molecule has 132 valence electrons. The zero-order chi connectivity index (χ0) is 18.2. The lowest BCUT2D eigenvalue weighted by Crippen LogP contribution is -2.28. The van der Waals surface area contributed by atoms with Gasteiger partial charge in [-0.2, -0.15) is 5.26 Å². The number of carbonyl (C=O) groups excluding carboxylic acids is 1. The van der Waals surface area contributed by atoms with Crippen molar-refractivity contribution in [3.63, 3.8) is 0 Å². The number of carbonyl (C=O) groups is 1. The highest BCUT2D eigenvalue weighted by Gasteiger charge is 2.34. The first-order valence-electron chi connectivity index (χ1n) is 8.77. The Morgan fingerprint density at radius 2 is 2.28 bits per heavy atom. The molecular weight excluding hydrogens is 332 g/mol. The number of thiophene rings is 1. The topological polar surface area (TPSA) is 66.0 Å². The molecule has 0 saturated heterocycles. The van der Waals surface area contributed by atoms with Crippen LogP contribution < -0.4 is 5.32 Å². The molecule has 0 bridgehead atoms. The summed E-state index contributed by atoms with van der Waals surface area (Å²) in [4.78, 5) is 13.7. The number of nitriles is 1. The minimum absolute atomic E-state index is 0.216. The second-order valence-corrected chi connectivity index (χ2v) is 8.55. The van der Waals surface area contributed by atoms with Crippen LogP contribution in [0, 0.1) is 29.6 Å². The van der Waals surface area contributed by atoms with Crippen LogP contribution in [0.2, 0.25) is 0 Å². The van der Waals surface area contributed by atoms with Crippen molar-refractivity contribution in [2.24, 2.45) is 11.3 Å². The Balaban J connectivity index is 1.87. The summed E-state index contributed by atoms with van der Waals surface area (Å²) in [7, 11) is 0. The monoisotopic (exact) mass is 356 g/mol. The molecule has 0 fully saturated rings. The SMILES string of the molecule is CCC(C)(C)[C@H]1CCc2c(sc(NC(=O)c3ccoc3C)c2C#N)C1. The molecule has 1 aliphatic rings. The number of nitrogens with zero attached hydrogens (tertiary/aromatic N) is 1. The first-order valence-corrected chi connectivity index (χ1v) is 9.59. The molecule has 1 amide bonds. The Bertz CT molecular complexity index is 838. The van der Waals surface area contributed by atoms with Crippen molar-refractivity contribution in [2.75, 3.05) is 5.32 Å². The third kappa shape index (κ3) is 3.23. The van der Waals surface area contributed by atoms with Crippen molar-refractivity contribution in [2.45, 2.75) is 53.4 Å². The predicted molar refractivity (Wildman–Crippen MR) is 100 cm³/mol. The first-order chi connectivity index (χ1) is 11.9. The standard InChI is InChI=1S/C20H24N2O2S/c1-5-20(3,4)13-6-7-15-16(11-21)19(25-17(15)10-13)22-18(23)14-8-9-24-12(14)2/h8-9,13H,5-7,10H2,1-4H3,(H,22,23)/t13-/m0/s1. The fourth-order valence-corrected chi connectivity index (χ4v) is 4.81. The molecule has 0 unspecified atom stereocenters. The third-order valence-electron chi connectivity index (χ3n) is 5.72. The van der Waals surface area contributed by atoms with E-state index in [1.165, 1.54) is 11.1 Å². The summed E-state index contributed by atoms with van der Waals surface area (Å²) in [5, 5.41) is 13.2. The van der Waals surface area contributed by atoms with Gasteiger partial charge < -0.3 is 9.73 Å². The van der Waals surface area contributed by atoms with Crippen LogP contribution >= 0.6 is 11.3 Å². The summed E-state index contributed by atoms with van der Waals surface area (Å²) in [5.74, 6) is 0.990. The van der Waals surface area contributed by atoms with E-state index < -0.39 is 0 Å². The van der Waals surface area contributed by atoms with Gasteiger partial charge in [0.25, 0.3) is 5.91 Å². The van der Waals surface area contributed by atoms with E-state index in [-0.39, 0.29) is 5.91 Å². The van der Waals surface area contributed by atoms with Crippen molar-refractivity contribution >= 4 is 22.2 Å². The lowest BCUT2D eigenvalue weighted by molar-refractivity contribution is 0.102. The third-order valence-corrected chi connectivity index (χ3v) is 6.89. The molecule has 1 N–H and O–H groups in total. The molecule has 2 heterocycles. The maximum Gasteiger partial charge on any atom is 0.259 e. The van der Waals surface area contributed by atoms with Gasteiger partial charge >= 0.3 is 0 Å². The molecule has 4 nitrogen and oxygen atoms in total. The number of furan rings is 1. The smallest absolute Gasteiger partial charge is 0.259 e. The van der Waals surface area contributed by atoms with Crippen LogP contribution in [-0.2, 0) is 12.8 Å². The van der Waals surface area contributed by atoms with Crippen LogP contribution in [0.25, 0.3) is 0 Å². The second kappa shape index (κ2) is 6.68. The summed E-state index contributed by atoms with van der Waals surface area (Å²) < 4.78 is 5.20. The molecule has 1 aliphatic carbocycles. The zero-order valence-corrected chi connectivity index (χ0v) is 16.0. The first kappa shape index (κ1) is 17.8. The normalized spacial score (nSPS) is 17.0. The molecular formula is C20H24N2O2S. The van der Waals surface area contributed by atoms with Crippen LogP contribution in [0.4, 0.5) is 5.00 Å². The molecule has 3 rings (SSSR count). The van der Waals surface area contributed by atoms with Gasteiger partial charge in [-0.3, -0.25) is 4.79 Å². The Kier molecular flexibility index (Phi) is 4.75. The minimum atomic E-state index is -0.216. The van der Waals surface area contributed by atoms with Crippen molar-refractivity contribution < 1.29 is 9.21 Å². The summed E-state index contributed by atoms with van der Waals surface area (Å²) in [6.45, 7) is 8.65. The van der Waals surface area contributed by atoms with Crippen LogP contribution in [-0.4, -0.2) is 5.91 Å². The van der Waals surface area contributed by atoms with Gasteiger partial charge in [0.2, 0.25) is 0 Å². The molecule has 0 saturated carbocycles. The van der Waals surface area contributed by atoms with E-state index in [2.05, 4.69) is 32.2 Å². The maximum absolute atomic E-state index is 12.5. The molecule has 2 aromatic rings. The molecule has 0 spiro atoms. The summed E-state index contributed by atoms with van der Waals surface area (Å²) in [6, 6.07) is 3.97. The highest BCUT2D eigenvalue weighted by atomic mass is 32.1. The van der Waals surface area contributed by atoms with E-state index in [1.54, 1.807) is 24.3 Å². The number of hydrogen-bond donors (Lipinski definition) is 1. The lowest BCUT2D eigenvalue weighted by Gasteiger charge is -2.36. The van der Waals surface area contributed by atoms with Gasteiger partial charge in [0.05, 0.1) is 17.4 Å². The highest BCUT2D eigenvalue weighted by molar-refractivity contribution is 7.16. The minimum Gasteiger partial charge on any atom is -0.469 e. The number of anilines is 1. The summed E-state index contributed by atoms with van der Waals surface area (Å²) in [5.41, 5.74) is 2.59. The van der Waals surface area contributed by atoms with Crippen LogP contribution in [0.1, 0.15) is 65.7 Å². The van der Waals surface area contributed by atoms with Gasteiger partial charge in [-0.05, 0) is 49.1 Å². The second-order valence-electron chi connectivity index (χ2n) is 7.45. The molecule has 0 aromatic carbocycles. The fraction of sp³-hybridized carbons (Fsp3) is 0.500. The van der Waals surface area contributed by atoms with E-state index >= 15 is 0 Å². The molecule has 2 aromatic heterocycles. The number of amides is 1. The summed E-state index contributed by atoms with van der Waals surface area (Å²) >= 11 is 1.56. The van der Waals surface area contributed by atoms with Gasteiger partial charge in [0, 0.05) is 4.88 Å². The van der Waals surface area contributed by atoms with Gasteiger partial charge in [0.1, 0.15) is 16.8 Å². The molecule has 0 radical (unpaired) electrons. The average molecular weight is 356 g/mol. The van der Waals surface area contributed by atoms with Gasteiger partial charge in [-0.25, -0.2) is 0 Å². The van der Waals surface area contributed by atoms with E-state index in [0.717, 1.165) is 31.2 Å². The van der Waals surface area contributed by atoms with E-state index in [0.29, 0.717) is 33.2 Å². The zero-order valence-electron chi connectivity index (χ0n) is 15.2. The van der Waals surface area contributed by atoms with Gasteiger partial charge in [-0.1, -0.05) is 27.2 Å². The largest absolute Gasteiger partial charge is 0.469 e. The molecule has 5 heteroatoms. The average Bonchev–Trinajstić information content (AvgIpc) is 3.16. The lowest BCUT2D eigenvalue weighted by atomic mass is 9.69. The van der Waals surface area contributed by atoms with Crippen LogP contribution in [0.3, 0.4) is 0 Å². The predicted octanol–water partition coefficient (Wildman–Crippen LogP) is 5.31. The van der Waals surface area contributed by atoms with E-state index in [1.807, 2.05) is 0 Å². The van der Waals surface area contributed by atoms with Crippen LogP contribution in [0.15, 0.2) is 16.7 Å². The number of hydrogen-bond acceptors (Lipinski definition) is 4. The van der Waals surface area contributed by atoms with E-state index in [4.69, 9.17) is 4.42 Å². The van der Waals surface area contributed by atoms with Gasteiger partial charge in [0.15, 0.2) is 0 Å². The molecule has 0 aliphatic heterocycles. The number of aryl methyl sites for hydroxylation is 1. The van der Waals surface area contributed by atoms with Crippen molar-refractivity contribution in [3.05, 3.63) is 39.7 Å². The van der Waals surface area contributed by atoms with Crippen molar-refractivity contribution in [1.82, 2.24) is 0 Å². The number of rotatable bonds is 4. The molecule has 1 atom stereocenters. The van der Waals surface area contributed by atoms with Crippen molar-refractivity contribution in [1.29, 1.82) is 5.26 Å². The number of fused-ring (bicyclic) bond motifs is 1. The Morgan fingerprint density at radius 1 is 1.52 bits per heavy atom. The Morgan fingerprint density at radius 3 is 2.88 bits per heavy atom. The Labute approximate surface area is 152 Å². The quantitative estimate of drug-likeness (QED) is 0.807. The number of nitrogens with one attached hydrogen (secondary N) is 1.